The first-order valence-electron chi connectivity index (χ1n) is 12.9. The molecular weight excluding hydrogens is 554 g/mol. The highest BCUT2D eigenvalue weighted by Crippen LogP contribution is 2.25. The van der Waals surface area contributed by atoms with Gasteiger partial charge in [-0.2, -0.15) is 0 Å². The highest BCUT2D eigenvalue weighted by Gasteiger charge is 2.16. The lowest BCUT2D eigenvalue weighted by molar-refractivity contribution is -0.131. The average molecular weight is 587 g/mol. The van der Waals surface area contributed by atoms with Gasteiger partial charge in [0.15, 0.2) is 0 Å². The zero-order valence-electron chi connectivity index (χ0n) is 21.6. The van der Waals surface area contributed by atoms with Crippen LogP contribution in [0.3, 0.4) is 0 Å². The summed E-state index contributed by atoms with van der Waals surface area (Å²) in [4.78, 5) is 27.9. The molecule has 0 aliphatic heterocycles. The lowest BCUT2D eigenvalue weighted by atomic mass is 9.98. The van der Waals surface area contributed by atoms with Crippen LogP contribution in [0.4, 0.5) is 0 Å². The van der Waals surface area contributed by atoms with Gasteiger partial charge in [0.1, 0.15) is 5.75 Å². The molecule has 0 bridgehead atoms. The van der Waals surface area contributed by atoms with Crippen molar-refractivity contribution in [1.82, 2.24) is 10.2 Å². The highest BCUT2D eigenvalue weighted by molar-refractivity contribution is 9.10. The van der Waals surface area contributed by atoms with E-state index in [0.29, 0.717) is 44.6 Å². The Balaban J connectivity index is 1.51. The van der Waals surface area contributed by atoms with Gasteiger partial charge >= 0.3 is 0 Å². The molecule has 4 rings (SSSR count). The van der Waals surface area contributed by atoms with Gasteiger partial charge < -0.3 is 21.1 Å². The fourth-order valence-electron chi connectivity index (χ4n) is 4.33. The van der Waals surface area contributed by atoms with Crippen LogP contribution in [0, 0.1) is 0 Å². The summed E-state index contributed by atoms with van der Waals surface area (Å²) in [6.45, 7) is 1.81. The maximum Gasteiger partial charge on any atom is 0.251 e. The quantitative estimate of drug-likeness (QED) is 0.222. The number of halogens is 1. The van der Waals surface area contributed by atoms with Crippen LogP contribution in [0.2, 0.25) is 0 Å². The molecule has 200 valence electrons. The number of phenolic OH excluding ortho intramolecular Hbond substituents is 1. The van der Waals surface area contributed by atoms with Gasteiger partial charge in [-0.1, -0.05) is 82.7 Å². The minimum atomic E-state index is -0.154. The SMILES string of the molecule is NCCNC(=O)c1ccccc1-c1ccc(CN(CCc2ccc(O)cc2)C(=O)Cc2ccc(Br)cc2)cc1. The van der Waals surface area contributed by atoms with Gasteiger partial charge in [0.25, 0.3) is 5.91 Å². The first-order chi connectivity index (χ1) is 18.9. The number of amides is 2. The van der Waals surface area contributed by atoms with Crippen LogP contribution in [0.25, 0.3) is 11.1 Å². The second-order valence-electron chi connectivity index (χ2n) is 9.32. The number of carbonyl (C=O) groups is 2. The van der Waals surface area contributed by atoms with Crippen molar-refractivity contribution in [2.24, 2.45) is 5.73 Å². The third-order valence-corrected chi connectivity index (χ3v) is 7.00. The zero-order chi connectivity index (χ0) is 27.6. The van der Waals surface area contributed by atoms with E-state index in [0.717, 1.165) is 32.3 Å². The van der Waals surface area contributed by atoms with Crippen LogP contribution in [0.15, 0.2) is 102 Å². The molecular formula is C32H32BrN3O3. The van der Waals surface area contributed by atoms with Crippen LogP contribution >= 0.6 is 15.9 Å². The molecule has 39 heavy (non-hydrogen) atoms. The lowest BCUT2D eigenvalue weighted by Gasteiger charge is -2.23. The summed E-state index contributed by atoms with van der Waals surface area (Å²) in [6.07, 6.45) is 0.988. The molecule has 0 saturated carbocycles. The van der Waals surface area contributed by atoms with E-state index in [1.54, 1.807) is 18.2 Å². The second kappa shape index (κ2) is 13.7. The molecule has 0 spiro atoms. The summed E-state index contributed by atoms with van der Waals surface area (Å²) in [6, 6.07) is 30.3. The van der Waals surface area contributed by atoms with Crippen LogP contribution < -0.4 is 11.1 Å². The highest BCUT2D eigenvalue weighted by atomic mass is 79.9. The van der Waals surface area contributed by atoms with Crippen molar-refractivity contribution in [3.8, 4) is 16.9 Å². The number of phenols is 1. The Morgan fingerprint density at radius 1 is 0.821 bits per heavy atom. The average Bonchev–Trinajstić information content (AvgIpc) is 2.96. The van der Waals surface area contributed by atoms with Gasteiger partial charge in [-0.25, -0.2) is 0 Å². The predicted octanol–water partition coefficient (Wildman–Crippen LogP) is 5.32. The molecule has 0 heterocycles. The topological polar surface area (TPSA) is 95.7 Å². The molecule has 4 aromatic rings. The Morgan fingerprint density at radius 3 is 2.15 bits per heavy atom. The van der Waals surface area contributed by atoms with Crippen molar-refractivity contribution in [3.05, 3.63) is 124 Å². The van der Waals surface area contributed by atoms with Crippen molar-refractivity contribution in [3.63, 3.8) is 0 Å². The van der Waals surface area contributed by atoms with Crippen molar-refractivity contribution in [2.45, 2.75) is 19.4 Å². The van der Waals surface area contributed by atoms with Crippen LogP contribution in [-0.2, 0) is 24.2 Å². The van der Waals surface area contributed by atoms with E-state index in [2.05, 4.69) is 21.2 Å². The van der Waals surface area contributed by atoms with Crippen molar-refractivity contribution in [2.75, 3.05) is 19.6 Å². The smallest absolute Gasteiger partial charge is 0.251 e. The molecule has 7 heteroatoms. The van der Waals surface area contributed by atoms with Crippen LogP contribution in [0.1, 0.15) is 27.0 Å². The Labute approximate surface area is 237 Å². The van der Waals surface area contributed by atoms with Gasteiger partial charge in [0.2, 0.25) is 5.91 Å². The summed E-state index contributed by atoms with van der Waals surface area (Å²) < 4.78 is 0.974. The van der Waals surface area contributed by atoms with Gasteiger partial charge in [-0.05, 0) is 64.6 Å². The minimum absolute atomic E-state index is 0.0436. The van der Waals surface area contributed by atoms with Crippen LogP contribution in [-0.4, -0.2) is 41.5 Å². The number of aromatic hydroxyl groups is 1. The number of nitrogens with two attached hydrogens (primary N) is 1. The Morgan fingerprint density at radius 2 is 1.46 bits per heavy atom. The normalized spacial score (nSPS) is 10.7. The summed E-state index contributed by atoms with van der Waals surface area (Å²) in [5, 5.41) is 12.4. The van der Waals surface area contributed by atoms with E-state index < -0.39 is 0 Å². The first kappa shape index (κ1) is 28.1. The molecule has 0 aromatic heterocycles. The third kappa shape index (κ3) is 8.02. The molecule has 0 unspecified atom stereocenters. The first-order valence-corrected chi connectivity index (χ1v) is 13.7. The van der Waals surface area contributed by atoms with Gasteiger partial charge in [-0.3, -0.25) is 9.59 Å². The summed E-state index contributed by atoms with van der Waals surface area (Å²) >= 11 is 3.45. The molecule has 0 atom stereocenters. The molecule has 0 aliphatic carbocycles. The lowest BCUT2D eigenvalue weighted by Crippen LogP contribution is -2.33. The molecule has 0 fully saturated rings. The van der Waals surface area contributed by atoms with Crippen molar-refractivity contribution >= 4 is 27.7 Å². The van der Waals surface area contributed by atoms with E-state index in [4.69, 9.17) is 5.73 Å². The monoisotopic (exact) mass is 585 g/mol. The van der Waals surface area contributed by atoms with Crippen molar-refractivity contribution < 1.29 is 14.7 Å². The molecule has 4 N–H and O–H groups in total. The standard InChI is InChI=1S/C32H32BrN3O3/c33-27-13-7-24(8-14-27)21-31(38)36(20-17-23-9-15-28(37)16-10-23)22-25-5-11-26(12-6-25)29-3-1-2-4-30(29)32(39)35-19-18-34/h1-16,37H,17-22,34H2,(H,35,39). The number of carbonyl (C=O) groups excluding carboxylic acids is 2. The number of rotatable bonds is 11. The second-order valence-corrected chi connectivity index (χ2v) is 10.2. The molecule has 4 aromatic carbocycles. The van der Waals surface area contributed by atoms with E-state index >= 15 is 0 Å². The van der Waals surface area contributed by atoms with E-state index in [1.807, 2.05) is 83.8 Å². The number of nitrogens with zero attached hydrogens (tertiary/aromatic N) is 1. The predicted molar refractivity (Wildman–Crippen MR) is 158 cm³/mol. The third-order valence-electron chi connectivity index (χ3n) is 6.47. The summed E-state index contributed by atoms with van der Waals surface area (Å²) in [5.74, 6) is 0.113. The number of nitrogens with one attached hydrogen (secondary N) is 1. The molecule has 2 amide bonds. The Bertz CT molecular complexity index is 1390. The Hall–Kier alpha value is -3.94. The van der Waals surface area contributed by atoms with E-state index in [1.165, 1.54) is 0 Å². The summed E-state index contributed by atoms with van der Waals surface area (Å²) in [5.41, 5.74) is 10.9. The minimum Gasteiger partial charge on any atom is -0.508 e. The Kier molecular flexibility index (Phi) is 9.89. The zero-order valence-corrected chi connectivity index (χ0v) is 23.2. The molecule has 6 nitrogen and oxygen atoms in total. The van der Waals surface area contributed by atoms with E-state index in [9.17, 15) is 14.7 Å². The van der Waals surface area contributed by atoms with Gasteiger partial charge in [-0.15, -0.1) is 0 Å². The van der Waals surface area contributed by atoms with Gasteiger partial charge in [0.05, 0.1) is 6.42 Å². The van der Waals surface area contributed by atoms with E-state index in [-0.39, 0.29) is 17.6 Å². The molecule has 0 aliphatic rings. The van der Waals surface area contributed by atoms with Crippen molar-refractivity contribution in [1.29, 1.82) is 0 Å². The van der Waals surface area contributed by atoms with Crippen LogP contribution in [0.5, 0.6) is 5.75 Å². The maximum atomic E-state index is 13.4. The molecule has 0 radical (unpaired) electrons. The van der Waals surface area contributed by atoms with Gasteiger partial charge in [0, 0.05) is 36.2 Å². The largest absolute Gasteiger partial charge is 0.508 e. The number of hydrogen-bond acceptors (Lipinski definition) is 4. The number of hydrogen-bond donors (Lipinski definition) is 3. The molecule has 0 saturated heterocycles. The number of benzene rings is 4. The maximum absolute atomic E-state index is 13.4. The fourth-order valence-corrected chi connectivity index (χ4v) is 4.60. The summed E-state index contributed by atoms with van der Waals surface area (Å²) in [7, 11) is 0. The fraction of sp³-hybridized carbons (Fsp3) is 0.188.